The predicted molar refractivity (Wildman–Crippen MR) is 138 cm³/mol. The molecule has 1 spiro atoms. The maximum absolute atomic E-state index is 12.9. The van der Waals surface area contributed by atoms with Gasteiger partial charge in [0.1, 0.15) is 18.5 Å². The molecule has 9 nitrogen and oxygen atoms in total. The number of fused-ring (bicyclic) bond motifs is 1. The Bertz CT molecular complexity index is 1170. The molecule has 2 aliphatic carbocycles. The van der Waals surface area contributed by atoms with E-state index < -0.39 is 5.60 Å². The number of carbonyl (C=O) groups is 1. The zero-order valence-electron chi connectivity index (χ0n) is 21.7. The number of pyridine rings is 1. The van der Waals surface area contributed by atoms with Crippen LogP contribution in [0.1, 0.15) is 56.4 Å². The number of hydrogen-bond acceptors (Lipinski definition) is 8. The third kappa shape index (κ3) is 5.72. The van der Waals surface area contributed by atoms with Gasteiger partial charge in [-0.15, -0.1) is 0 Å². The Balaban J connectivity index is 1.09. The summed E-state index contributed by atoms with van der Waals surface area (Å²) in [5.74, 6) is 1.02. The molecule has 2 aliphatic heterocycles. The molecule has 3 heterocycles. The molecule has 37 heavy (non-hydrogen) atoms. The molecule has 4 aliphatic rings. The quantitative estimate of drug-likeness (QED) is 0.314. The fourth-order valence-corrected chi connectivity index (χ4v) is 5.53. The van der Waals surface area contributed by atoms with Gasteiger partial charge in [-0.1, -0.05) is 0 Å². The molecule has 1 aromatic rings. The molecular weight excluding hydrogens is 472 g/mol. The van der Waals surface area contributed by atoms with Crippen LogP contribution in [0, 0.1) is 17.7 Å². The number of ether oxygens (including phenoxy) is 3. The molecule has 0 aromatic carbocycles. The zero-order chi connectivity index (χ0) is 26.2. The Labute approximate surface area is 217 Å². The second-order valence-corrected chi connectivity index (χ2v) is 11.3. The molecule has 0 radical (unpaired) electrons. The SMILES string of the molecule is Cc1cc2c(nc1OC1CC3(CC(NC(=O)/C(C=N)=C4\C=CC(OCC(C)(C)O)=CN4)C3)C1)CCOC2. The van der Waals surface area contributed by atoms with E-state index in [0.29, 0.717) is 24.7 Å². The second kappa shape index (κ2) is 9.95. The van der Waals surface area contributed by atoms with Gasteiger partial charge in [0, 0.05) is 30.4 Å². The van der Waals surface area contributed by atoms with Gasteiger partial charge >= 0.3 is 0 Å². The topological polar surface area (TPSA) is 126 Å². The summed E-state index contributed by atoms with van der Waals surface area (Å²) in [4.78, 5) is 17.6. The third-order valence-corrected chi connectivity index (χ3v) is 7.43. The van der Waals surface area contributed by atoms with Crippen LogP contribution in [-0.2, 0) is 27.3 Å². The van der Waals surface area contributed by atoms with Crippen LogP contribution in [0.15, 0.2) is 41.4 Å². The lowest BCUT2D eigenvalue weighted by Gasteiger charge is -2.57. The first-order valence-electron chi connectivity index (χ1n) is 12.9. The summed E-state index contributed by atoms with van der Waals surface area (Å²) < 4.78 is 17.3. The molecule has 2 saturated carbocycles. The van der Waals surface area contributed by atoms with Crippen molar-refractivity contribution >= 4 is 12.1 Å². The van der Waals surface area contributed by atoms with E-state index in [9.17, 15) is 9.90 Å². The lowest BCUT2D eigenvalue weighted by atomic mass is 9.53. The van der Waals surface area contributed by atoms with Crippen LogP contribution in [0.4, 0.5) is 0 Å². The van der Waals surface area contributed by atoms with Gasteiger partial charge in [0.05, 0.1) is 35.8 Å². The number of dihydropyridines is 1. The molecule has 4 N–H and O–H groups in total. The van der Waals surface area contributed by atoms with E-state index in [2.05, 4.69) is 16.7 Å². The summed E-state index contributed by atoms with van der Waals surface area (Å²) in [6, 6.07) is 2.23. The van der Waals surface area contributed by atoms with E-state index in [4.69, 9.17) is 24.6 Å². The molecule has 0 bridgehead atoms. The normalized spacial score (nSPS) is 27.6. The fraction of sp³-hybridized carbons (Fsp3) is 0.536. The van der Waals surface area contributed by atoms with Crippen molar-refractivity contribution in [2.45, 2.75) is 77.2 Å². The molecular formula is C28H36N4O5. The third-order valence-electron chi connectivity index (χ3n) is 7.43. The number of aryl methyl sites for hydroxylation is 1. The number of hydrogen-bond donors (Lipinski definition) is 4. The molecule has 2 fully saturated rings. The minimum atomic E-state index is -0.940. The number of nitrogens with zero attached hydrogens (tertiary/aromatic N) is 1. The molecule has 0 unspecified atom stereocenters. The average molecular weight is 509 g/mol. The van der Waals surface area contributed by atoms with Crippen LogP contribution >= 0.6 is 0 Å². The summed E-state index contributed by atoms with van der Waals surface area (Å²) in [5.41, 5.74) is 3.39. The van der Waals surface area contributed by atoms with Crippen molar-refractivity contribution in [1.29, 1.82) is 5.41 Å². The van der Waals surface area contributed by atoms with Gasteiger partial charge in [-0.3, -0.25) is 4.79 Å². The highest BCUT2D eigenvalue weighted by Crippen LogP contribution is 2.56. The molecule has 5 rings (SSSR count). The minimum Gasteiger partial charge on any atom is -0.489 e. The molecule has 0 saturated heterocycles. The Morgan fingerprint density at radius 3 is 2.81 bits per heavy atom. The van der Waals surface area contributed by atoms with Crippen LogP contribution in [0.5, 0.6) is 5.88 Å². The highest BCUT2D eigenvalue weighted by Gasteiger charge is 2.54. The van der Waals surface area contributed by atoms with E-state index >= 15 is 0 Å². The van der Waals surface area contributed by atoms with Crippen molar-refractivity contribution in [2.24, 2.45) is 5.41 Å². The average Bonchev–Trinajstić information content (AvgIpc) is 2.81. The monoisotopic (exact) mass is 508 g/mol. The minimum absolute atomic E-state index is 0.0985. The summed E-state index contributed by atoms with van der Waals surface area (Å²) in [6.45, 7) is 6.85. The van der Waals surface area contributed by atoms with Crippen molar-refractivity contribution < 1.29 is 24.1 Å². The van der Waals surface area contributed by atoms with Crippen molar-refractivity contribution in [3.8, 4) is 5.88 Å². The van der Waals surface area contributed by atoms with Gasteiger partial charge in [-0.25, -0.2) is 4.98 Å². The van der Waals surface area contributed by atoms with Gasteiger partial charge < -0.3 is 35.4 Å². The summed E-state index contributed by atoms with van der Waals surface area (Å²) >= 11 is 0. The number of aromatic nitrogens is 1. The maximum Gasteiger partial charge on any atom is 0.255 e. The first-order valence-corrected chi connectivity index (χ1v) is 12.9. The summed E-state index contributed by atoms with van der Waals surface area (Å²) in [7, 11) is 0. The number of aliphatic hydroxyl groups is 1. The Morgan fingerprint density at radius 2 is 2.14 bits per heavy atom. The van der Waals surface area contributed by atoms with Crippen LogP contribution in [-0.4, -0.2) is 53.2 Å². The van der Waals surface area contributed by atoms with Crippen LogP contribution in [0.25, 0.3) is 0 Å². The smallest absolute Gasteiger partial charge is 0.255 e. The first kappa shape index (κ1) is 25.5. The lowest BCUT2D eigenvalue weighted by molar-refractivity contribution is -0.123. The van der Waals surface area contributed by atoms with Gasteiger partial charge in [0.15, 0.2) is 0 Å². The molecule has 9 heteroatoms. The van der Waals surface area contributed by atoms with Crippen LogP contribution in [0.3, 0.4) is 0 Å². The van der Waals surface area contributed by atoms with E-state index in [0.717, 1.165) is 61.0 Å². The number of nitrogens with one attached hydrogen (secondary N) is 3. The molecule has 1 aromatic heterocycles. The van der Waals surface area contributed by atoms with Crippen LogP contribution in [0.2, 0.25) is 0 Å². The van der Waals surface area contributed by atoms with Crippen molar-refractivity contribution in [2.75, 3.05) is 13.2 Å². The number of allylic oxidation sites excluding steroid dienone is 2. The fourth-order valence-electron chi connectivity index (χ4n) is 5.53. The molecule has 1 amide bonds. The van der Waals surface area contributed by atoms with E-state index in [1.54, 1.807) is 32.2 Å². The molecule has 0 atom stereocenters. The summed E-state index contributed by atoms with van der Waals surface area (Å²) in [5, 5.41) is 23.7. The van der Waals surface area contributed by atoms with Gasteiger partial charge in [-0.05, 0) is 75.7 Å². The number of amides is 1. The standard InChI is InChI=1S/C28H36N4O5/c1-17-8-18-15-35-7-6-23(18)32-26(17)37-21-11-28(12-21)9-19(10-28)31-25(33)22(13-29)24-5-4-20(14-30-24)36-16-27(2,3)34/h4-5,8,13-14,19,21,29-30,34H,6-7,9-12,15-16H2,1-3H3,(H,31,33)/b24-22+,29-13?. The maximum atomic E-state index is 12.9. The van der Waals surface area contributed by atoms with Gasteiger partial charge in [0.2, 0.25) is 5.88 Å². The first-order chi connectivity index (χ1) is 17.6. The highest BCUT2D eigenvalue weighted by atomic mass is 16.5. The van der Waals surface area contributed by atoms with E-state index in [1.807, 2.05) is 6.92 Å². The van der Waals surface area contributed by atoms with Crippen molar-refractivity contribution in [3.05, 3.63) is 58.3 Å². The second-order valence-electron chi connectivity index (χ2n) is 11.3. The zero-order valence-corrected chi connectivity index (χ0v) is 21.7. The summed E-state index contributed by atoms with van der Waals surface area (Å²) in [6.07, 6.45) is 10.9. The lowest BCUT2D eigenvalue weighted by Crippen LogP contribution is -2.59. The Hall–Kier alpha value is -3.17. The molecule has 198 valence electrons. The van der Waals surface area contributed by atoms with Gasteiger partial charge in [-0.2, -0.15) is 0 Å². The van der Waals surface area contributed by atoms with Gasteiger partial charge in [0.25, 0.3) is 5.91 Å². The van der Waals surface area contributed by atoms with E-state index in [-0.39, 0.29) is 35.6 Å². The Kier molecular flexibility index (Phi) is 6.85. The number of carbonyl (C=O) groups excluding carboxylic acids is 1. The van der Waals surface area contributed by atoms with Crippen LogP contribution < -0.4 is 15.4 Å². The van der Waals surface area contributed by atoms with E-state index in [1.165, 1.54) is 0 Å². The highest BCUT2D eigenvalue weighted by molar-refractivity contribution is 6.12. The largest absolute Gasteiger partial charge is 0.489 e. The van der Waals surface area contributed by atoms with Crippen molar-refractivity contribution in [3.63, 3.8) is 0 Å². The Morgan fingerprint density at radius 1 is 1.35 bits per heavy atom. The van der Waals surface area contributed by atoms with Crippen molar-refractivity contribution in [1.82, 2.24) is 15.6 Å². The number of rotatable bonds is 8. The predicted octanol–water partition coefficient (Wildman–Crippen LogP) is 2.96.